The Morgan fingerprint density at radius 2 is 1.87 bits per heavy atom. The van der Waals surface area contributed by atoms with Gasteiger partial charge < -0.3 is 10.2 Å². The summed E-state index contributed by atoms with van der Waals surface area (Å²) in [6.45, 7) is 2.04. The smallest absolute Gasteiger partial charge is 0.234 e. The minimum atomic E-state index is 0.495. The first-order valence-corrected chi connectivity index (χ1v) is 7.51. The van der Waals surface area contributed by atoms with Gasteiger partial charge in [-0.15, -0.1) is 0 Å². The Balaban J connectivity index is 1.85. The highest BCUT2D eigenvalue weighted by molar-refractivity contribution is 6.30. The molecule has 1 N–H and O–H groups in total. The Bertz CT molecular complexity index is 821. The number of nitrogens with zero attached hydrogens (tertiary/aromatic N) is 4. The quantitative estimate of drug-likeness (QED) is 0.773. The summed E-state index contributed by atoms with van der Waals surface area (Å²) in [4.78, 5) is 14.7. The number of benzene rings is 2. The molecule has 0 aliphatic carbocycles. The van der Waals surface area contributed by atoms with E-state index >= 15 is 0 Å². The summed E-state index contributed by atoms with van der Waals surface area (Å²) >= 11 is 6.04. The van der Waals surface area contributed by atoms with Crippen molar-refractivity contribution in [2.75, 3.05) is 17.3 Å². The highest BCUT2D eigenvalue weighted by Crippen LogP contribution is 2.24. The number of halogens is 1. The van der Waals surface area contributed by atoms with E-state index in [2.05, 4.69) is 20.3 Å². The van der Waals surface area contributed by atoms with Crippen LogP contribution in [0.1, 0.15) is 5.56 Å². The zero-order valence-electron chi connectivity index (χ0n) is 12.9. The second-order valence-corrected chi connectivity index (χ2v) is 5.58. The molecule has 1 heterocycles. The van der Waals surface area contributed by atoms with Crippen molar-refractivity contribution in [1.29, 1.82) is 0 Å². The molecule has 5 nitrogen and oxygen atoms in total. The maximum Gasteiger partial charge on any atom is 0.234 e. The first kappa shape index (κ1) is 15.2. The molecule has 1 aromatic heterocycles. The minimum Gasteiger partial charge on any atom is -0.324 e. The molecule has 23 heavy (non-hydrogen) atoms. The normalized spacial score (nSPS) is 10.4. The number of aryl methyl sites for hydroxylation is 1. The monoisotopic (exact) mass is 325 g/mol. The molecule has 2 aromatic carbocycles. The lowest BCUT2D eigenvalue weighted by Gasteiger charge is -2.17. The standard InChI is InChI=1S/C17H16ClN5/c1-12-5-3-7-14(9-12)21-16-19-11-20-17(22-16)23(2)15-8-4-6-13(18)10-15/h3-11H,1-2H3,(H,19,20,21,22). The number of hydrogen-bond acceptors (Lipinski definition) is 5. The predicted octanol–water partition coefficient (Wildman–Crippen LogP) is 4.34. The molecule has 116 valence electrons. The van der Waals surface area contributed by atoms with E-state index in [-0.39, 0.29) is 0 Å². The van der Waals surface area contributed by atoms with Crippen molar-refractivity contribution in [2.45, 2.75) is 6.92 Å². The van der Waals surface area contributed by atoms with Crippen LogP contribution in [0.3, 0.4) is 0 Å². The van der Waals surface area contributed by atoms with Crippen molar-refractivity contribution in [3.05, 3.63) is 65.4 Å². The molecule has 0 fully saturated rings. The molecule has 3 aromatic rings. The van der Waals surface area contributed by atoms with Crippen LogP contribution in [0.15, 0.2) is 54.9 Å². The van der Waals surface area contributed by atoms with E-state index in [1.165, 1.54) is 11.9 Å². The van der Waals surface area contributed by atoms with Crippen molar-refractivity contribution in [1.82, 2.24) is 15.0 Å². The van der Waals surface area contributed by atoms with Gasteiger partial charge in [0, 0.05) is 23.4 Å². The molecule has 0 atom stereocenters. The maximum absolute atomic E-state index is 6.04. The molecule has 6 heteroatoms. The van der Waals surface area contributed by atoms with E-state index in [1.54, 1.807) is 0 Å². The van der Waals surface area contributed by atoms with E-state index in [9.17, 15) is 0 Å². The highest BCUT2D eigenvalue weighted by Gasteiger charge is 2.09. The summed E-state index contributed by atoms with van der Waals surface area (Å²) in [7, 11) is 1.89. The van der Waals surface area contributed by atoms with Crippen molar-refractivity contribution in [2.24, 2.45) is 0 Å². The molecule has 3 rings (SSSR count). The summed E-state index contributed by atoms with van der Waals surface area (Å²) in [5.41, 5.74) is 3.01. The summed E-state index contributed by atoms with van der Waals surface area (Å²) in [6, 6.07) is 15.6. The summed E-state index contributed by atoms with van der Waals surface area (Å²) in [5, 5.41) is 3.86. The topological polar surface area (TPSA) is 53.9 Å². The van der Waals surface area contributed by atoms with Gasteiger partial charge in [0.15, 0.2) is 0 Å². The predicted molar refractivity (Wildman–Crippen MR) is 93.8 cm³/mol. The summed E-state index contributed by atoms with van der Waals surface area (Å²) in [5.74, 6) is 1.03. The van der Waals surface area contributed by atoms with Gasteiger partial charge in [-0.3, -0.25) is 0 Å². The molecule has 0 saturated carbocycles. The molecule has 0 saturated heterocycles. The number of nitrogens with one attached hydrogen (secondary N) is 1. The van der Waals surface area contributed by atoms with E-state index in [4.69, 9.17) is 11.6 Å². The van der Waals surface area contributed by atoms with Gasteiger partial charge in [-0.05, 0) is 42.8 Å². The largest absolute Gasteiger partial charge is 0.324 e. The lowest BCUT2D eigenvalue weighted by Crippen LogP contribution is -2.14. The van der Waals surface area contributed by atoms with E-state index < -0.39 is 0 Å². The SMILES string of the molecule is Cc1cccc(Nc2ncnc(N(C)c3cccc(Cl)c3)n2)c1. The van der Waals surface area contributed by atoms with Crippen molar-refractivity contribution in [3.63, 3.8) is 0 Å². The van der Waals surface area contributed by atoms with E-state index in [0.717, 1.165) is 11.4 Å². The second kappa shape index (κ2) is 6.62. The fourth-order valence-electron chi connectivity index (χ4n) is 2.16. The molecule has 0 aliphatic heterocycles. The van der Waals surface area contributed by atoms with Crippen LogP contribution in [0, 0.1) is 6.92 Å². The third-order valence-corrected chi connectivity index (χ3v) is 3.56. The Kier molecular flexibility index (Phi) is 4.39. The Labute approximate surface area is 140 Å². The second-order valence-electron chi connectivity index (χ2n) is 5.14. The lowest BCUT2D eigenvalue weighted by molar-refractivity contribution is 0.990. The highest BCUT2D eigenvalue weighted by atomic mass is 35.5. The maximum atomic E-state index is 6.04. The van der Waals surface area contributed by atoms with Crippen LogP contribution in [0.4, 0.5) is 23.3 Å². The van der Waals surface area contributed by atoms with Gasteiger partial charge in [-0.2, -0.15) is 4.98 Å². The Morgan fingerprint density at radius 3 is 2.65 bits per heavy atom. The van der Waals surface area contributed by atoms with Crippen LogP contribution in [0.2, 0.25) is 5.02 Å². The van der Waals surface area contributed by atoms with Crippen LogP contribution in [0.5, 0.6) is 0 Å². The minimum absolute atomic E-state index is 0.495. The van der Waals surface area contributed by atoms with Crippen LogP contribution in [-0.4, -0.2) is 22.0 Å². The van der Waals surface area contributed by atoms with Gasteiger partial charge in [0.1, 0.15) is 6.33 Å². The number of aromatic nitrogens is 3. The fraction of sp³-hybridized carbons (Fsp3) is 0.118. The van der Waals surface area contributed by atoms with Gasteiger partial charge in [0.05, 0.1) is 0 Å². The van der Waals surface area contributed by atoms with Gasteiger partial charge in [0.2, 0.25) is 11.9 Å². The fourth-order valence-corrected chi connectivity index (χ4v) is 2.35. The molecular weight excluding hydrogens is 310 g/mol. The molecule has 0 aliphatic rings. The van der Waals surface area contributed by atoms with E-state index in [1.807, 2.05) is 67.4 Å². The zero-order chi connectivity index (χ0) is 16.2. The molecule has 0 radical (unpaired) electrons. The summed E-state index contributed by atoms with van der Waals surface area (Å²) in [6.07, 6.45) is 1.49. The molecule has 0 amide bonds. The van der Waals surface area contributed by atoms with Crippen LogP contribution in [-0.2, 0) is 0 Å². The van der Waals surface area contributed by atoms with Crippen molar-refractivity contribution >= 4 is 34.9 Å². The molecule has 0 unspecified atom stereocenters. The lowest BCUT2D eigenvalue weighted by atomic mass is 10.2. The first-order chi connectivity index (χ1) is 11.1. The average Bonchev–Trinajstić information content (AvgIpc) is 2.54. The number of hydrogen-bond donors (Lipinski definition) is 1. The molecular formula is C17H16ClN5. The van der Waals surface area contributed by atoms with Gasteiger partial charge in [-0.1, -0.05) is 29.8 Å². The third kappa shape index (κ3) is 3.76. The molecule has 0 spiro atoms. The van der Waals surface area contributed by atoms with Gasteiger partial charge in [-0.25, -0.2) is 9.97 Å². The Morgan fingerprint density at radius 1 is 1.04 bits per heavy atom. The molecule has 0 bridgehead atoms. The Hall–Kier alpha value is -2.66. The number of rotatable bonds is 4. The van der Waals surface area contributed by atoms with Crippen molar-refractivity contribution < 1.29 is 0 Å². The number of anilines is 4. The van der Waals surface area contributed by atoms with E-state index in [0.29, 0.717) is 16.9 Å². The van der Waals surface area contributed by atoms with Crippen molar-refractivity contribution in [3.8, 4) is 0 Å². The van der Waals surface area contributed by atoms with Crippen LogP contribution < -0.4 is 10.2 Å². The van der Waals surface area contributed by atoms with Gasteiger partial charge >= 0.3 is 0 Å². The average molecular weight is 326 g/mol. The first-order valence-electron chi connectivity index (χ1n) is 7.14. The zero-order valence-corrected chi connectivity index (χ0v) is 13.6. The van der Waals surface area contributed by atoms with Crippen LogP contribution in [0.25, 0.3) is 0 Å². The van der Waals surface area contributed by atoms with Gasteiger partial charge in [0.25, 0.3) is 0 Å². The summed E-state index contributed by atoms with van der Waals surface area (Å²) < 4.78 is 0. The van der Waals surface area contributed by atoms with Crippen LogP contribution >= 0.6 is 11.6 Å². The third-order valence-electron chi connectivity index (χ3n) is 3.33.